The van der Waals surface area contributed by atoms with Gasteiger partial charge in [-0.1, -0.05) is 20.3 Å². The number of guanidine groups is 1. The zero-order chi connectivity index (χ0) is 25.0. The van der Waals surface area contributed by atoms with Gasteiger partial charge in [0.05, 0.1) is 12.6 Å². The molecule has 0 radical (unpaired) electrons. The monoisotopic (exact) mass is 471 g/mol. The number of hydrogen-bond donors (Lipinski definition) is 8. The van der Waals surface area contributed by atoms with Crippen LogP contribution in [0.5, 0.6) is 0 Å². The summed E-state index contributed by atoms with van der Waals surface area (Å²) in [6.07, 6.45) is 2.46. The predicted molar refractivity (Wildman–Crippen MR) is 121 cm³/mol. The van der Waals surface area contributed by atoms with Crippen LogP contribution < -0.4 is 32.7 Å². The molecule has 1 saturated heterocycles. The molecule has 13 nitrogen and oxygen atoms in total. The van der Waals surface area contributed by atoms with Crippen LogP contribution in [-0.4, -0.2) is 83.7 Å². The molecule has 0 aromatic rings. The molecule has 13 heteroatoms. The van der Waals surface area contributed by atoms with Crippen molar-refractivity contribution in [2.45, 2.75) is 70.1 Å². The zero-order valence-electron chi connectivity index (χ0n) is 19.2. The van der Waals surface area contributed by atoms with Crippen molar-refractivity contribution in [3.8, 4) is 0 Å². The molecule has 1 rings (SSSR count). The van der Waals surface area contributed by atoms with Crippen molar-refractivity contribution in [1.29, 1.82) is 0 Å². The van der Waals surface area contributed by atoms with Gasteiger partial charge in [-0.25, -0.2) is 4.79 Å². The van der Waals surface area contributed by atoms with Crippen LogP contribution in [0, 0.1) is 5.92 Å². The van der Waals surface area contributed by atoms with Gasteiger partial charge in [-0.3, -0.25) is 19.4 Å². The lowest BCUT2D eigenvalue weighted by molar-refractivity contribution is -0.142. The first-order valence-corrected chi connectivity index (χ1v) is 11.1. The van der Waals surface area contributed by atoms with Crippen LogP contribution >= 0.6 is 0 Å². The number of nitrogens with two attached hydrogens (primary N) is 2. The number of carbonyl (C=O) groups is 4. The average molecular weight is 472 g/mol. The van der Waals surface area contributed by atoms with E-state index >= 15 is 0 Å². The molecule has 5 unspecified atom stereocenters. The van der Waals surface area contributed by atoms with Crippen LogP contribution in [0.25, 0.3) is 0 Å². The normalized spacial score (nSPS) is 18.9. The van der Waals surface area contributed by atoms with Crippen molar-refractivity contribution in [2.24, 2.45) is 22.4 Å². The number of carboxylic acid groups (broad SMARTS) is 1. The van der Waals surface area contributed by atoms with E-state index in [0.29, 0.717) is 19.3 Å². The first-order valence-electron chi connectivity index (χ1n) is 11.1. The first-order chi connectivity index (χ1) is 15.6. The van der Waals surface area contributed by atoms with E-state index in [1.807, 2.05) is 6.92 Å². The number of amides is 3. The lowest BCUT2D eigenvalue weighted by Crippen LogP contribution is -2.59. The van der Waals surface area contributed by atoms with Gasteiger partial charge in [-0.2, -0.15) is 0 Å². The fourth-order valence-electron chi connectivity index (χ4n) is 3.35. The van der Waals surface area contributed by atoms with Gasteiger partial charge in [0.25, 0.3) is 0 Å². The Kier molecular flexibility index (Phi) is 12.1. The molecule has 0 aromatic heterocycles. The summed E-state index contributed by atoms with van der Waals surface area (Å²) in [4.78, 5) is 53.1. The van der Waals surface area contributed by atoms with Gasteiger partial charge in [0.2, 0.25) is 17.7 Å². The van der Waals surface area contributed by atoms with Gasteiger partial charge >= 0.3 is 5.97 Å². The van der Waals surface area contributed by atoms with Gasteiger partial charge in [0.15, 0.2) is 5.96 Å². The second-order valence-corrected chi connectivity index (χ2v) is 8.11. The number of carboxylic acids is 1. The van der Waals surface area contributed by atoms with Crippen molar-refractivity contribution in [3.05, 3.63) is 0 Å². The maximum absolute atomic E-state index is 12.9. The summed E-state index contributed by atoms with van der Waals surface area (Å²) in [5.41, 5.74) is 10.4. The van der Waals surface area contributed by atoms with Crippen LogP contribution in [0.2, 0.25) is 0 Å². The Morgan fingerprint density at radius 1 is 1.12 bits per heavy atom. The summed E-state index contributed by atoms with van der Waals surface area (Å²) >= 11 is 0. The van der Waals surface area contributed by atoms with E-state index in [0.717, 1.165) is 13.0 Å². The van der Waals surface area contributed by atoms with E-state index in [1.54, 1.807) is 6.92 Å². The molecule has 1 fully saturated rings. The van der Waals surface area contributed by atoms with Gasteiger partial charge in [0.1, 0.15) is 18.1 Å². The van der Waals surface area contributed by atoms with E-state index in [9.17, 15) is 29.4 Å². The number of rotatable bonds is 14. The molecule has 188 valence electrons. The molecule has 0 bridgehead atoms. The highest BCUT2D eigenvalue weighted by molar-refractivity contribution is 5.94. The third kappa shape index (κ3) is 9.61. The predicted octanol–water partition coefficient (Wildman–Crippen LogP) is -2.63. The highest BCUT2D eigenvalue weighted by Crippen LogP contribution is 2.11. The molecule has 0 aromatic carbocycles. The van der Waals surface area contributed by atoms with Crippen molar-refractivity contribution in [1.82, 2.24) is 21.3 Å². The molecule has 10 N–H and O–H groups in total. The van der Waals surface area contributed by atoms with Crippen molar-refractivity contribution in [2.75, 3.05) is 19.7 Å². The summed E-state index contributed by atoms with van der Waals surface area (Å²) < 4.78 is 0. The van der Waals surface area contributed by atoms with Crippen LogP contribution in [0.1, 0.15) is 46.0 Å². The van der Waals surface area contributed by atoms with E-state index in [2.05, 4.69) is 26.3 Å². The molecule has 5 atom stereocenters. The van der Waals surface area contributed by atoms with Crippen LogP contribution in [0.4, 0.5) is 0 Å². The van der Waals surface area contributed by atoms with E-state index in [-0.39, 0.29) is 36.8 Å². The SMILES string of the molecule is CCC(C)C(NC(=O)C1CCCN1)C(=O)NC(CO)C(=O)NC(CCCN=C(N)N)C(=O)O. The van der Waals surface area contributed by atoms with Crippen LogP contribution in [0.3, 0.4) is 0 Å². The van der Waals surface area contributed by atoms with Gasteiger partial charge in [0, 0.05) is 6.54 Å². The summed E-state index contributed by atoms with van der Waals surface area (Å²) in [5, 5.41) is 29.5. The number of hydrogen-bond acceptors (Lipinski definition) is 7. The maximum atomic E-state index is 12.9. The fraction of sp³-hybridized carbons (Fsp3) is 0.750. The number of nitrogens with one attached hydrogen (secondary N) is 4. The smallest absolute Gasteiger partial charge is 0.326 e. The summed E-state index contributed by atoms with van der Waals surface area (Å²) in [6.45, 7) is 3.82. The Bertz CT molecular complexity index is 707. The summed E-state index contributed by atoms with van der Waals surface area (Å²) in [5.74, 6) is -3.42. The third-order valence-corrected chi connectivity index (χ3v) is 5.55. The number of aliphatic carboxylic acids is 1. The molecule has 0 aliphatic carbocycles. The lowest BCUT2D eigenvalue weighted by atomic mass is 9.97. The molecule has 1 heterocycles. The minimum atomic E-state index is -1.38. The number of carbonyl (C=O) groups excluding carboxylic acids is 3. The Morgan fingerprint density at radius 3 is 2.30 bits per heavy atom. The highest BCUT2D eigenvalue weighted by Gasteiger charge is 2.33. The standard InChI is InChI=1S/C20H37N7O6/c1-3-11(2)15(27-16(29)12-6-4-8-23-12)18(31)26-14(10-28)17(30)25-13(19(32)33)7-5-9-24-20(21)22/h11-15,23,28H,3-10H2,1-2H3,(H,25,30)(H,26,31)(H,27,29)(H,32,33)(H4,21,22,24). The quantitative estimate of drug-likeness (QED) is 0.0752. The Morgan fingerprint density at radius 2 is 1.79 bits per heavy atom. The van der Waals surface area contributed by atoms with Crippen molar-refractivity contribution >= 4 is 29.7 Å². The molecule has 3 amide bonds. The molecule has 0 spiro atoms. The number of aliphatic hydroxyl groups is 1. The van der Waals surface area contributed by atoms with Gasteiger partial charge < -0.3 is 42.9 Å². The maximum Gasteiger partial charge on any atom is 0.326 e. The molecule has 1 aliphatic rings. The van der Waals surface area contributed by atoms with Gasteiger partial charge in [-0.15, -0.1) is 0 Å². The minimum absolute atomic E-state index is 0.0455. The van der Waals surface area contributed by atoms with Gasteiger partial charge in [-0.05, 0) is 38.1 Å². The Labute approximate surface area is 193 Å². The second-order valence-electron chi connectivity index (χ2n) is 8.11. The molecule has 0 saturated carbocycles. The number of aliphatic imine (C=N–C) groups is 1. The van der Waals surface area contributed by atoms with Crippen molar-refractivity contribution in [3.63, 3.8) is 0 Å². The molecular formula is C20H37N7O6. The van der Waals surface area contributed by atoms with E-state index in [4.69, 9.17) is 11.5 Å². The van der Waals surface area contributed by atoms with Crippen LogP contribution in [-0.2, 0) is 19.2 Å². The molecular weight excluding hydrogens is 434 g/mol. The van der Waals surface area contributed by atoms with E-state index < -0.39 is 42.5 Å². The second kappa shape index (κ2) is 14.3. The minimum Gasteiger partial charge on any atom is -0.480 e. The first kappa shape index (κ1) is 28.1. The average Bonchev–Trinajstić information content (AvgIpc) is 3.31. The van der Waals surface area contributed by atoms with E-state index in [1.165, 1.54) is 0 Å². The Balaban J connectivity index is 2.76. The number of nitrogens with zero attached hydrogens (tertiary/aromatic N) is 1. The third-order valence-electron chi connectivity index (χ3n) is 5.55. The largest absolute Gasteiger partial charge is 0.480 e. The molecule has 33 heavy (non-hydrogen) atoms. The summed E-state index contributed by atoms with van der Waals surface area (Å²) in [6, 6.07) is -3.93. The summed E-state index contributed by atoms with van der Waals surface area (Å²) in [7, 11) is 0. The molecule has 1 aliphatic heterocycles. The topological polar surface area (TPSA) is 221 Å². The highest BCUT2D eigenvalue weighted by atomic mass is 16.4. The van der Waals surface area contributed by atoms with Crippen molar-refractivity contribution < 1.29 is 29.4 Å². The lowest BCUT2D eigenvalue weighted by Gasteiger charge is -2.27. The zero-order valence-corrected chi connectivity index (χ0v) is 19.2. The Hall–Kier alpha value is -2.93. The fourth-order valence-corrected chi connectivity index (χ4v) is 3.35. The number of aliphatic hydroxyl groups excluding tert-OH is 1. The van der Waals surface area contributed by atoms with Crippen LogP contribution in [0.15, 0.2) is 4.99 Å².